The quantitative estimate of drug-likeness (QED) is 0.184. The summed E-state index contributed by atoms with van der Waals surface area (Å²) in [5.41, 5.74) is 6.05. The molecule has 47 heavy (non-hydrogen) atoms. The Kier molecular flexibility index (Phi) is 4.66. The molecule has 218 valence electrons. The van der Waals surface area contributed by atoms with E-state index in [-0.39, 0.29) is 52.1 Å². The summed E-state index contributed by atoms with van der Waals surface area (Å²) in [6.07, 6.45) is 0. The van der Waals surface area contributed by atoms with Crippen LogP contribution in [0.3, 0.4) is 0 Å². The van der Waals surface area contributed by atoms with Crippen LogP contribution in [0.4, 0.5) is 0 Å². The number of hydrogen-bond acceptors (Lipinski definition) is 1. The molecular formula is C46H28O. The van der Waals surface area contributed by atoms with E-state index in [1.807, 2.05) is 42.5 Å². The molecule has 0 aliphatic heterocycles. The van der Waals surface area contributed by atoms with E-state index in [1.165, 1.54) is 16.3 Å². The number of benzene rings is 9. The Morgan fingerprint density at radius 2 is 0.915 bits per heavy atom. The fourth-order valence-corrected chi connectivity index (χ4v) is 7.13. The zero-order chi connectivity index (χ0) is 35.2. The highest BCUT2D eigenvalue weighted by Crippen LogP contribution is 2.44. The number of rotatable bonds is 3. The van der Waals surface area contributed by atoms with E-state index in [0.29, 0.717) is 21.9 Å². The van der Waals surface area contributed by atoms with Gasteiger partial charge in [0, 0.05) is 10.8 Å². The maximum Gasteiger partial charge on any atom is 0.136 e. The average Bonchev–Trinajstić information content (AvgIpc) is 3.58. The number of para-hydroxylation sites is 1. The van der Waals surface area contributed by atoms with Crippen LogP contribution in [0.5, 0.6) is 0 Å². The minimum atomic E-state index is -0.169. The van der Waals surface area contributed by atoms with Crippen molar-refractivity contribution < 1.29 is 11.3 Å². The number of furan rings is 1. The maximum absolute atomic E-state index is 9.30. The second kappa shape index (κ2) is 10.2. The molecule has 1 heterocycles. The molecule has 0 amide bonds. The van der Waals surface area contributed by atoms with Gasteiger partial charge in [0.15, 0.2) is 0 Å². The van der Waals surface area contributed by atoms with Crippen LogP contribution in [0.15, 0.2) is 174 Å². The van der Waals surface area contributed by atoms with Crippen molar-refractivity contribution in [3.63, 3.8) is 0 Å². The van der Waals surface area contributed by atoms with Gasteiger partial charge in [0.05, 0.1) is 6.85 Å². The Hall–Kier alpha value is -6.18. The van der Waals surface area contributed by atoms with Gasteiger partial charge in [-0.1, -0.05) is 139 Å². The predicted octanol–water partition coefficient (Wildman–Crippen LogP) is 13.2. The van der Waals surface area contributed by atoms with Crippen LogP contribution in [0.25, 0.3) is 98.4 Å². The molecule has 0 saturated heterocycles. The van der Waals surface area contributed by atoms with Crippen LogP contribution >= 0.6 is 0 Å². The lowest BCUT2D eigenvalue weighted by atomic mass is 9.85. The first-order valence-electron chi connectivity index (χ1n) is 18.3. The first-order chi connectivity index (χ1) is 25.4. The van der Waals surface area contributed by atoms with Crippen molar-refractivity contribution in [2.75, 3.05) is 0 Å². The maximum atomic E-state index is 9.30. The third kappa shape index (κ3) is 4.10. The molecule has 0 aliphatic rings. The molecule has 0 unspecified atom stereocenters. The summed E-state index contributed by atoms with van der Waals surface area (Å²) >= 11 is 0. The van der Waals surface area contributed by atoms with E-state index >= 15 is 0 Å². The fourth-order valence-electron chi connectivity index (χ4n) is 7.13. The Morgan fingerprint density at radius 1 is 0.340 bits per heavy atom. The zero-order valence-electron chi connectivity index (χ0n) is 30.2. The van der Waals surface area contributed by atoms with Crippen molar-refractivity contribution in [2.45, 2.75) is 0 Å². The van der Waals surface area contributed by atoms with Crippen molar-refractivity contribution in [1.29, 1.82) is 0 Å². The summed E-state index contributed by atoms with van der Waals surface area (Å²) in [7, 11) is 0. The van der Waals surface area contributed by atoms with E-state index in [0.717, 1.165) is 38.2 Å². The molecular weight excluding hydrogens is 569 g/mol. The Morgan fingerprint density at radius 3 is 1.64 bits per heavy atom. The van der Waals surface area contributed by atoms with Gasteiger partial charge < -0.3 is 4.42 Å². The topological polar surface area (TPSA) is 13.1 Å². The molecule has 10 rings (SSSR count). The molecule has 9 aromatic carbocycles. The van der Waals surface area contributed by atoms with Crippen molar-refractivity contribution in [3.8, 4) is 33.4 Å². The van der Waals surface area contributed by atoms with Gasteiger partial charge in [-0.3, -0.25) is 0 Å². The lowest BCUT2D eigenvalue weighted by Crippen LogP contribution is -1.91. The van der Waals surface area contributed by atoms with Gasteiger partial charge in [-0.15, -0.1) is 0 Å². The predicted molar refractivity (Wildman–Crippen MR) is 200 cm³/mol. The molecule has 0 saturated carbocycles. The third-order valence-corrected chi connectivity index (χ3v) is 9.33. The van der Waals surface area contributed by atoms with E-state index in [9.17, 15) is 1.37 Å². The highest BCUT2D eigenvalue weighted by Gasteiger charge is 2.17. The second-order valence-corrected chi connectivity index (χ2v) is 12.0. The van der Waals surface area contributed by atoms with Crippen LogP contribution in [0.2, 0.25) is 0 Å². The Labute approximate surface area is 279 Å². The normalized spacial score (nSPS) is 13.3. The molecule has 0 bridgehead atoms. The first kappa shape index (κ1) is 21.5. The molecule has 0 N–H and O–H groups in total. The van der Waals surface area contributed by atoms with Gasteiger partial charge in [0.1, 0.15) is 11.2 Å². The van der Waals surface area contributed by atoms with Crippen molar-refractivity contribution in [3.05, 3.63) is 170 Å². The van der Waals surface area contributed by atoms with Gasteiger partial charge in [0.25, 0.3) is 0 Å². The second-order valence-electron chi connectivity index (χ2n) is 12.0. The molecule has 1 aromatic heterocycles. The number of hydrogen-bond donors (Lipinski definition) is 0. The lowest BCUT2D eigenvalue weighted by molar-refractivity contribution is 0.669. The highest BCUT2D eigenvalue weighted by atomic mass is 16.3. The van der Waals surface area contributed by atoms with Crippen molar-refractivity contribution in [2.24, 2.45) is 0 Å². The van der Waals surface area contributed by atoms with Crippen LogP contribution in [0.1, 0.15) is 6.85 Å². The van der Waals surface area contributed by atoms with Gasteiger partial charge in [0.2, 0.25) is 0 Å². The molecule has 0 aliphatic carbocycles. The van der Waals surface area contributed by atoms with E-state index in [4.69, 9.17) is 9.90 Å². The summed E-state index contributed by atoms with van der Waals surface area (Å²) in [6, 6.07) is 46.8. The van der Waals surface area contributed by atoms with Crippen LogP contribution < -0.4 is 0 Å². The SMILES string of the molecule is [2H]c1c(-c2ccc(-c3c4ccccc4c(-c4ccc5ccccc5c4)c4ccccc34)cc2)c([2H])c2c([2H])c3oc4ccccc4c3c([2H])c2c1[2H]. The number of fused-ring (bicyclic) bond motifs is 7. The third-order valence-electron chi connectivity index (χ3n) is 9.33. The summed E-state index contributed by atoms with van der Waals surface area (Å²) in [5.74, 6) is 0. The lowest BCUT2D eigenvalue weighted by Gasteiger charge is -2.18. The monoisotopic (exact) mass is 601 g/mol. The molecule has 0 atom stereocenters. The average molecular weight is 602 g/mol. The Balaban J connectivity index is 1.17. The zero-order valence-corrected chi connectivity index (χ0v) is 25.2. The van der Waals surface area contributed by atoms with Crippen LogP contribution in [0, 0.1) is 0 Å². The van der Waals surface area contributed by atoms with E-state index < -0.39 is 0 Å². The van der Waals surface area contributed by atoms with Gasteiger partial charge >= 0.3 is 0 Å². The van der Waals surface area contributed by atoms with Gasteiger partial charge in [-0.2, -0.15) is 0 Å². The Bertz CT molecular complexity index is 3070. The van der Waals surface area contributed by atoms with Crippen molar-refractivity contribution in [1.82, 2.24) is 0 Å². The molecule has 0 spiro atoms. The fraction of sp³-hybridized carbons (Fsp3) is 0. The van der Waals surface area contributed by atoms with E-state index in [1.54, 1.807) is 6.07 Å². The summed E-state index contributed by atoms with van der Waals surface area (Å²) in [4.78, 5) is 0. The summed E-state index contributed by atoms with van der Waals surface area (Å²) in [5, 5.41) is 8.33. The van der Waals surface area contributed by atoms with Gasteiger partial charge in [-0.05, 0) is 107 Å². The minimum absolute atomic E-state index is 0.00532. The highest BCUT2D eigenvalue weighted by molar-refractivity contribution is 6.21. The molecule has 1 heteroatoms. The summed E-state index contributed by atoms with van der Waals surface area (Å²) in [6.45, 7) is 0. The molecule has 10 aromatic rings. The molecule has 0 radical (unpaired) electrons. The summed E-state index contributed by atoms with van der Waals surface area (Å²) < 4.78 is 51.6. The standard InChI is InChI=1S/C46H28O/c1-2-10-32-25-35(24-19-29(32)9-1)46-40-14-5-3-12-38(40)45(39-13-4-6-15-41(39)46)31-20-17-30(18-21-31)33-22-23-34-27-42-37-11-7-8-16-43(37)47-44(42)28-36(34)26-33/h1-28H/i22D,23D,26D,27D,28D. The first-order valence-corrected chi connectivity index (χ1v) is 15.8. The molecule has 0 fully saturated rings. The molecule has 1 nitrogen and oxygen atoms in total. The van der Waals surface area contributed by atoms with Crippen LogP contribution in [-0.2, 0) is 0 Å². The van der Waals surface area contributed by atoms with Crippen molar-refractivity contribution >= 4 is 65.0 Å². The van der Waals surface area contributed by atoms with E-state index in [2.05, 4.69) is 91.0 Å². The van der Waals surface area contributed by atoms with Crippen LogP contribution in [-0.4, -0.2) is 0 Å². The largest absolute Gasteiger partial charge is 0.456 e. The van der Waals surface area contributed by atoms with Gasteiger partial charge in [-0.25, -0.2) is 0 Å². The minimum Gasteiger partial charge on any atom is -0.456 e. The smallest absolute Gasteiger partial charge is 0.136 e.